The highest BCUT2D eigenvalue weighted by Crippen LogP contribution is 2.29. The third-order valence-electron chi connectivity index (χ3n) is 2.94. The molecule has 1 atom stereocenters. The van der Waals surface area contributed by atoms with Crippen LogP contribution in [-0.2, 0) is 0 Å². The third-order valence-corrected chi connectivity index (χ3v) is 2.94. The van der Waals surface area contributed by atoms with Crippen molar-refractivity contribution in [3.63, 3.8) is 0 Å². The van der Waals surface area contributed by atoms with E-state index in [1.165, 1.54) is 0 Å². The van der Waals surface area contributed by atoms with Gasteiger partial charge in [-0.15, -0.1) is 0 Å². The lowest BCUT2D eigenvalue weighted by molar-refractivity contribution is 0.0325. The van der Waals surface area contributed by atoms with E-state index in [-0.39, 0.29) is 5.54 Å². The van der Waals surface area contributed by atoms with Crippen LogP contribution in [0.1, 0.15) is 40.5 Å². The first-order valence-corrected chi connectivity index (χ1v) is 4.85. The van der Waals surface area contributed by atoms with Crippen LogP contribution in [0, 0.1) is 0 Å². The Morgan fingerprint density at radius 1 is 1.42 bits per heavy atom. The lowest BCUT2D eigenvalue weighted by Crippen LogP contribution is -2.42. The van der Waals surface area contributed by atoms with E-state index in [1.54, 1.807) is 0 Å². The first kappa shape index (κ1) is 10.0. The fourth-order valence-corrected chi connectivity index (χ4v) is 1.72. The summed E-state index contributed by atoms with van der Waals surface area (Å²) in [6.07, 6.45) is 1.81. The van der Waals surface area contributed by atoms with Crippen LogP contribution in [0.3, 0.4) is 0 Å². The molecule has 0 aromatic rings. The summed E-state index contributed by atoms with van der Waals surface area (Å²) < 4.78 is 0. The van der Waals surface area contributed by atoms with E-state index >= 15 is 0 Å². The molecule has 1 aliphatic rings. The second kappa shape index (κ2) is 3.00. The zero-order chi connectivity index (χ0) is 9.41. The summed E-state index contributed by atoms with van der Waals surface area (Å²) in [6.45, 7) is 10.5. The standard InChI is InChI=1S/C10H21NO/c1-5-10(12)6-7-11(8-10)9(2,3)4/h12H,5-8H2,1-4H3. The Labute approximate surface area is 75.6 Å². The summed E-state index contributed by atoms with van der Waals surface area (Å²) in [4.78, 5) is 2.36. The Bertz CT molecular complexity index is 162. The molecule has 0 amide bonds. The van der Waals surface area contributed by atoms with Crippen LogP contribution in [0.15, 0.2) is 0 Å². The quantitative estimate of drug-likeness (QED) is 0.648. The van der Waals surface area contributed by atoms with Gasteiger partial charge in [0.1, 0.15) is 0 Å². The second-order valence-corrected chi connectivity index (χ2v) is 4.92. The Kier molecular flexibility index (Phi) is 2.50. The molecule has 1 heterocycles. The molecular weight excluding hydrogens is 150 g/mol. The van der Waals surface area contributed by atoms with Gasteiger partial charge in [-0.2, -0.15) is 0 Å². The minimum absolute atomic E-state index is 0.208. The van der Waals surface area contributed by atoms with E-state index in [0.29, 0.717) is 0 Å². The second-order valence-electron chi connectivity index (χ2n) is 4.92. The number of aliphatic hydroxyl groups is 1. The van der Waals surface area contributed by atoms with Crippen molar-refractivity contribution in [3.8, 4) is 0 Å². The van der Waals surface area contributed by atoms with Gasteiger partial charge in [0.2, 0.25) is 0 Å². The zero-order valence-electron chi connectivity index (χ0n) is 8.72. The van der Waals surface area contributed by atoms with E-state index in [0.717, 1.165) is 25.9 Å². The predicted molar refractivity (Wildman–Crippen MR) is 51.2 cm³/mol. The summed E-state index contributed by atoms with van der Waals surface area (Å²) in [6, 6.07) is 0. The highest BCUT2D eigenvalue weighted by molar-refractivity contribution is 4.93. The molecule has 2 nitrogen and oxygen atoms in total. The Hall–Kier alpha value is -0.0800. The van der Waals surface area contributed by atoms with Crippen LogP contribution in [0.25, 0.3) is 0 Å². The molecule has 0 aromatic carbocycles. The van der Waals surface area contributed by atoms with E-state index in [4.69, 9.17) is 0 Å². The lowest BCUT2D eigenvalue weighted by Gasteiger charge is -2.32. The van der Waals surface area contributed by atoms with Gasteiger partial charge in [0, 0.05) is 18.6 Å². The largest absolute Gasteiger partial charge is 0.389 e. The molecule has 1 N–H and O–H groups in total. The van der Waals surface area contributed by atoms with Gasteiger partial charge in [-0.1, -0.05) is 6.92 Å². The van der Waals surface area contributed by atoms with Crippen molar-refractivity contribution in [1.82, 2.24) is 4.90 Å². The number of hydrogen-bond donors (Lipinski definition) is 1. The Balaban J connectivity index is 2.57. The van der Waals surface area contributed by atoms with Gasteiger partial charge in [0.05, 0.1) is 5.60 Å². The predicted octanol–water partition coefficient (Wildman–Crippen LogP) is 1.63. The molecule has 1 rings (SSSR count). The fourth-order valence-electron chi connectivity index (χ4n) is 1.72. The maximum absolute atomic E-state index is 9.99. The molecule has 72 valence electrons. The highest BCUT2D eigenvalue weighted by atomic mass is 16.3. The van der Waals surface area contributed by atoms with Gasteiger partial charge in [-0.05, 0) is 33.6 Å². The van der Waals surface area contributed by atoms with Crippen LogP contribution in [0.4, 0.5) is 0 Å². The number of rotatable bonds is 1. The Morgan fingerprint density at radius 3 is 2.25 bits per heavy atom. The molecule has 1 unspecified atom stereocenters. The average Bonchev–Trinajstić information content (AvgIpc) is 2.32. The molecule has 0 aromatic heterocycles. The molecular formula is C10H21NO. The molecule has 1 aliphatic heterocycles. The zero-order valence-corrected chi connectivity index (χ0v) is 8.72. The topological polar surface area (TPSA) is 23.5 Å². The maximum atomic E-state index is 9.99. The molecule has 2 heteroatoms. The summed E-state index contributed by atoms with van der Waals surface area (Å²) in [5.41, 5.74) is -0.201. The van der Waals surface area contributed by atoms with E-state index in [1.807, 2.05) is 0 Å². The van der Waals surface area contributed by atoms with Crippen LogP contribution in [-0.4, -0.2) is 34.2 Å². The summed E-state index contributed by atoms with van der Waals surface area (Å²) in [5, 5.41) is 9.99. The van der Waals surface area contributed by atoms with Crippen LogP contribution in [0.2, 0.25) is 0 Å². The van der Waals surface area contributed by atoms with Crippen molar-refractivity contribution in [3.05, 3.63) is 0 Å². The maximum Gasteiger partial charge on any atom is 0.0783 e. The SMILES string of the molecule is CCC1(O)CCN(C(C)(C)C)C1. The van der Waals surface area contributed by atoms with E-state index in [2.05, 4.69) is 32.6 Å². The summed E-state index contributed by atoms with van der Waals surface area (Å²) in [5.74, 6) is 0. The van der Waals surface area contributed by atoms with Gasteiger partial charge in [0.15, 0.2) is 0 Å². The van der Waals surface area contributed by atoms with Gasteiger partial charge < -0.3 is 5.11 Å². The molecule has 0 spiro atoms. The molecule has 0 radical (unpaired) electrons. The third kappa shape index (κ3) is 1.99. The molecule has 12 heavy (non-hydrogen) atoms. The Morgan fingerprint density at radius 2 is 2.00 bits per heavy atom. The van der Waals surface area contributed by atoms with Crippen LogP contribution in [0.5, 0.6) is 0 Å². The number of β-amino-alcohol motifs (C(OH)–C–C–N with tert-alkyl or cyclic N) is 1. The fraction of sp³-hybridized carbons (Fsp3) is 1.00. The summed E-state index contributed by atoms with van der Waals surface area (Å²) >= 11 is 0. The molecule has 0 bridgehead atoms. The van der Waals surface area contributed by atoms with Crippen molar-refractivity contribution in [2.24, 2.45) is 0 Å². The van der Waals surface area contributed by atoms with Gasteiger partial charge >= 0.3 is 0 Å². The summed E-state index contributed by atoms with van der Waals surface area (Å²) in [7, 11) is 0. The van der Waals surface area contributed by atoms with Gasteiger partial charge in [0.25, 0.3) is 0 Å². The number of likely N-dealkylation sites (tertiary alicyclic amines) is 1. The molecule has 0 aliphatic carbocycles. The van der Waals surface area contributed by atoms with Gasteiger partial charge in [-0.3, -0.25) is 4.90 Å². The molecule has 0 saturated carbocycles. The van der Waals surface area contributed by atoms with Crippen molar-refractivity contribution in [1.29, 1.82) is 0 Å². The first-order chi connectivity index (χ1) is 5.37. The number of nitrogens with zero attached hydrogens (tertiary/aromatic N) is 1. The van der Waals surface area contributed by atoms with Crippen molar-refractivity contribution < 1.29 is 5.11 Å². The smallest absolute Gasteiger partial charge is 0.0783 e. The van der Waals surface area contributed by atoms with Crippen molar-refractivity contribution >= 4 is 0 Å². The highest BCUT2D eigenvalue weighted by Gasteiger charge is 2.38. The minimum atomic E-state index is -0.409. The monoisotopic (exact) mass is 171 g/mol. The molecule has 1 saturated heterocycles. The number of hydrogen-bond acceptors (Lipinski definition) is 2. The normalized spacial score (nSPS) is 32.8. The van der Waals surface area contributed by atoms with E-state index < -0.39 is 5.60 Å². The van der Waals surface area contributed by atoms with Gasteiger partial charge in [-0.25, -0.2) is 0 Å². The molecule has 1 fully saturated rings. The van der Waals surface area contributed by atoms with Crippen molar-refractivity contribution in [2.45, 2.75) is 51.7 Å². The van der Waals surface area contributed by atoms with Crippen LogP contribution < -0.4 is 0 Å². The van der Waals surface area contributed by atoms with E-state index in [9.17, 15) is 5.11 Å². The minimum Gasteiger partial charge on any atom is -0.389 e. The average molecular weight is 171 g/mol. The first-order valence-electron chi connectivity index (χ1n) is 4.85. The lowest BCUT2D eigenvalue weighted by atomic mass is 10.00. The van der Waals surface area contributed by atoms with Crippen LogP contribution >= 0.6 is 0 Å². The van der Waals surface area contributed by atoms with Crippen molar-refractivity contribution in [2.75, 3.05) is 13.1 Å².